The van der Waals surface area contributed by atoms with Gasteiger partial charge in [-0.3, -0.25) is 0 Å². The van der Waals surface area contributed by atoms with Crippen molar-refractivity contribution >= 4 is 5.97 Å². The van der Waals surface area contributed by atoms with Crippen LogP contribution in [0.1, 0.15) is 30.9 Å². The van der Waals surface area contributed by atoms with Crippen LogP contribution in [0.4, 0.5) is 0 Å². The summed E-state index contributed by atoms with van der Waals surface area (Å²) in [7, 11) is 0. The lowest BCUT2D eigenvalue weighted by Gasteiger charge is -2.09. The Kier molecular flexibility index (Phi) is 2.83. The van der Waals surface area contributed by atoms with Crippen molar-refractivity contribution in [3.63, 3.8) is 0 Å². The molecule has 1 aromatic heterocycles. The Labute approximate surface area is 98.9 Å². The zero-order chi connectivity index (χ0) is 12.6. The first-order valence-corrected chi connectivity index (χ1v) is 5.55. The van der Waals surface area contributed by atoms with Gasteiger partial charge in [0.25, 0.3) is 0 Å². The van der Waals surface area contributed by atoms with Crippen LogP contribution in [0.25, 0.3) is 0 Å². The minimum atomic E-state index is -0.678. The molecule has 0 aliphatic heterocycles. The molecule has 1 aliphatic rings. The fourth-order valence-electron chi connectivity index (χ4n) is 1.99. The molecule has 5 heteroatoms. The van der Waals surface area contributed by atoms with Gasteiger partial charge in [-0.2, -0.15) is 0 Å². The van der Waals surface area contributed by atoms with Crippen molar-refractivity contribution in [3.05, 3.63) is 23.3 Å². The van der Waals surface area contributed by atoms with E-state index in [1.165, 1.54) is 6.92 Å². The van der Waals surface area contributed by atoms with E-state index in [0.29, 0.717) is 24.0 Å². The van der Waals surface area contributed by atoms with E-state index in [1.807, 2.05) is 0 Å². The average Bonchev–Trinajstić information content (AvgIpc) is 2.55. The van der Waals surface area contributed by atoms with E-state index < -0.39 is 5.97 Å². The van der Waals surface area contributed by atoms with E-state index in [4.69, 9.17) is 4.84 Å². The molecule has 0 bridgehead atoms. The van der Waals surface area contributed by atoms with Crippen LogP contribution >= 0.6 is 0 Å². The predicted molar refractivity (Wildman–Crippen MR) is 60.8 cm³/mol. The maximum absolute atomic E-state index is 11.4. The first kappa shape index (κ1) is 11.6. The Bertz CT molecular complexity index is 458. The Morgan fingerprint density at radius 2 is 1.71 bits per heavy atom. The van der Waals surface area contributed by atoms with Crippen molar-refractivity contribution in [2.75, 3.05) is 0 Å². The van der Waals surface area contributed by atoms with Crippen LogP contribution in [0.5, 0.6) is 11.8 Å². The molecular weight excluding hydrogens is 222 g/mol. The summed E-state index contributed by atoms with van der Waals surface area (Å²) in [4.78, 5) is 16.2. The molecule has 1 aromatic rings. The fourth-order valence-corrected chi connectivity index (χ4v) is 1.99. The number of aromatic nitrogens is 1. The number of aromatic hydroxyl groups is 2. The normalized spacial score (nSPS) is 14.2. The molecule has 1 aliphatic carbocycles. The molecule has 2 rings (SSSR count). The summed E-state index contributed by atoms with van der Waals surface area (Å²) >= 11 is 0. The highest BCUT2D eigenvalue weighted by Gasteiger charge is 2.26. The molecule has 0 unspecified atom stereocenters. The maximum Gasteiger partial charge on any atom is 0.359 e. The average molecular weight is 237 g/mol. The third-order valence-electron chi connectivity index (χ3n) is 2.92. The summed E-state index contributed by atoms with van der Waals surface area (Å²) < 4.78 is 0.785. The topological polar surface area (TPSA) is 71.7 Å². The highest BCUT2D eigenvalue weighted by Crippen LogP contribution is 2.37. The molecule has 5 nitrogen and oxygen atoms in total. The van der Waals surface area contributed by atoms with Gasteiger partial charge in [-0.25, -0.2) is 4.79 Å². The van der Waals surface area contributed by atoms with Gasteiger partial charge in [0, 0.05) is 16.7 Å². The molecule has 0 fully saturated rings. The van der Waals surface area contributed by atoms with Crippen molar-refractivity contribution in [2.45, 2.75) is 32.6 Å². The standard InChI is InChI=1S/C12H15NO4/c1-7(2)12(16)17-13-10(14)8-5-3-4-6-9(8)11(13)15/h14-15H,1,3-6H2,2H3. The summed E-state index contributed by atoms with van der Waals surface area (Å²) in [6.07, 6.45) is 3.29. The summed E-state index contributed by atoms with van der Waals surface area (Å²) in [5, 5.41) is 19.8. The van der Waals surface area contributed by atoms with E-state index >= 15 is 0 Å². The molecule has 0 aromatic carbocycles. The lowest BCUT2D eigenvalue weighted by Crippen LogP contribution is -2.19. The lowest BCUT2D eigenvalue weighted by molar-refractivity contribution is -0.140. The van der Waals surface area contributed by atoms with Gasteiger partial charge in [0.1, 0.15) is 0 Å². The van der Waals surface area contributed by atoms with Gasteiger partial charge in [0.15, 0.2) is 0 Å². The molecular formula is C12H15NO4. The molecule has 0 atom stereocenters. The zero-order valence-corrected chi connectivity index (χ0v) is 9.69. The van der Waals surface area contributed by atoms with Gasteiger partial charge in [0.05, 0.1) is 0 Å². The number of fused-ring (bicyclic) bond motifs is 1. The first-order chi connectivity index (χ1) is 8.02. The fraction of sp³-hybridized carbons (Fsp3) is 0.417. The number of hydrogen-bond acceptors (Lipinski definition) is 4. The minimum absolute atomic E-state index is 0.188. The van der Waals surface area contributed by atoms with Gasteiger partial charge < -0.3 is 15.1 Å². The van der Waals surface area contributed by atoms with Gasteiger partial charge in [-0.05, 0) is 32.6 Å². The summed E-state index contributed by atoms with van der Waals surface area (Å²) in [5.41, 5.74) is 1.54. The second-order valence-electron chi connectivity index (χ2n) is 4.26. The third-order valence-corrected chi connectivity index (χ3v) is 2.92. The molecule has 0 saturated heterocycles. The predicted octanol–water partition coefficient (Wildman–Crippen LogP) is 1.31. The van der Waals surface area contributed by atoms with Crippen LogP contribution in [-0.2, 0) is 17.6 Å². The van der Waals surface area contributed by atoms with E-state index in [9.17, 15) is 15.0 Å². The SMILES string of the molecule is C=C(C)C(=O)On1c(O)c2c(c1O)CCCC2. The van der Waals surface area contributed by atoms with E-state index in [2.05, 4.69) is 6.58 Å². The van der Waals surface area contributed by atoms with E-state index in [-0.39, 0.29) is 17.3 Å². The van der Waals surface area contributed by atoms with Crippen LogP contribution in [0.3, 0.4) is 0 Å². The second kappa shape index (κ2) is 4.16. The van der Waals surface area contributed by atoms with Gasteiger partial charge >= 0.3 is 5.97 Å². The Balaban J connectivity index is 2.38. The molecule has 2 N–H and O–H groups in total. The van der Waals surface area contributed by atoms with Crippen LogP contribution in [0.2, 0.25) is 0 Å². The molecule has 0 spiro atoms. The molecule has 0 saturated carbocycles. The monoisotopic (exact) mass is 237 g/mol. The van der Waals surface area contributed by atoms with Crippen molar-refractivity contribution < 1.29 is 19.8 Å². The maximum atomic E-state index is 11.4. The summed E-state index contributed by atoms with van der Waals surface area (Å²) in [5.74, 6) is -1.05. The largest absolute Gasteiger partial charge is 0.492 e. The second-order valence-corrected chi connectivity index (χ2v) is 4.26. The smallest absolute Gasteiger partial charge is 0.359 e. The Hall–Kier alpha value is -1.91. The Morgan fingerprint density at radius 1 is 1.24 bits per heavy atom. The summed E-state index contributed by atoms with van der Waals surface area (Å²) in [6.45, 7) is 4.94. The number of carbonyl (C=O) groups is 1. The van der Waals surface area contributed by atoms with Crippen molar-refractivity contribution in [2.24, 2.45) is 0 Å². The highest BCUT2D eigenvalue weighted by molar-refractivity contribution is 5.87. The van der Waals surface area contributed by atoms with Crippen molar-refractivity contribution in [1.82, 2.24) is 4.73 Å². The zero-order valence-electron chi connectivity index (χ0n) is 9.69. The van der Waals surface area contributed by atoms with Gasteiger partial charge in [0.2, 0.25) is 11.8 Å². The van der Waals surface area contributed by atoms with Crippen LogP contribution in [0.15, 0.2) is 12.2 Å². The number of carbonyl (C=O) groups excluding carboxylic acids is 1. The molecule has 0 amide bonds. The number of nitrogens with zero attached hydrogens (tertiary/aromatic N) is 1. The van der Waals surface area contributed by atoms with Crippen molar-refractivity contribution in [3.8, 4) is 11.8 Å². The van der Waals surface area contributed by atoms with Gasteiger partial charge in [-0.1, -0.05) is 6.58 Å². The minimum Gasteiger partial charge on any atom is -0.492 e. The first-order valence-electron chi connectivity index (χ1n) is 5.55. The molecule has 17 heavy (non-hydrogen) atoms. The molecule has 1 heterocycles. The molecule has 0 radical (unpaired) electrons. The van der Waals surface area contributed by atoms with E-state index in [1.54, 1.807) is 0 Å². The summed E-state index contributed by atoms with van der Waals surface area (Å²) in [6, 6.07) is 0. The van der Waals surface area contributed by atoms with Crippen LogP contribution in [0, 0.1) is 0 Å². The van der Waals surface area contributed by atoms with Crippen LogP contribution < -0.4 is 4.84 Å². The Morgan fingerprint density at radius 3 is 2.12 bits per heavy atom. The quantitative estimate of drug-likeness (QED) is 0.761. The number of rotatable bonds is 2. The van der Waals surface area contributed by atoms with E-state index in [0.717, 1.165) is 17.6 Å². The molecule has 92 valence electrons. The third kappa shape index (κ3) is 1.88. The highest BCUT2D eigenvalue weighted by atomic mass is 16.7. The lowest BCUT2D eigenvalue weighted by atomic mass is 9.95. The number of hydrogen-bond donors (Lipinski definition) is 2. The van der Waals surface area contributed by atoms with Gasteiger partial charge in [-0.15, -0.1) is 4.73 Å². The van der Waals surface area contributed by atoms with Crippen molar-refractivity contribution in [1.29, 1.82) is 0 Å². The van der Waals surface area contributed by atoms with Crippen LogP contribution in [-0.4, -0.2) is 20.9 Å².